The zero-order chi connectivity index (χ0) is 24.8. The maximum absolute atomic E-state index is 11.1. The zero-order valence-electron chi connectivity index (χ0n) is 23.8. The van der Waals surface area contributed by atoms with Crippen molar-refractivity contribution in [2.75, 3.05) is 0 Å². The predicted octanol–water partition coefficient (Wildman–Crippen LogP) is 9.30. The highest BCUT2D eigenvalue weighted by molar-refractivity contribution is 5.15. The predicted molar refractivity (Wildman–Crippen MR) is 144 cm³/mol. The molecule has 33 heavy (non-hydrogen) atoms. The van der Waals surface area contributed by atoms with Gasteiger partial charge in [-0.1, -0.05) is 80.4 Å². The zero-order valence-corrected chi connectivity index (χ0v) is 23.8. The molecule has 1 heteroatoms. The van der Waals surface area contributed by atoms with Crippen LogP contribution in [0.5, 0.6) is 0 Å². The summed E-state index contributed by atoms with van der Waals surface area (Å²) in [7, 11) is 0. The van der Waals surface area contributed by atoms with Crippen LogP contribution < -0.4 is 0 Å². The SMILES string of the molecule is C=C(C)C1CCC2(C)CC[C@@]3(C)C(C)C(C(C)CCC(O)C(C)(C)C(C)CCC)CCC3C12. The van der Waals surface area contributed by atoms with Gasteiger partial charge in [-0.25, -0.2) is 0 Å². The summed E-state index contributed by atoms with van der Waals surface area (Å²) in [6, 6.07) is 0. The van der Waals surface area contributed by atoms with Crippen molar-refractivity contribution < 1.29 is 5.11 Å². The number of allylic oxidation sites excluding steroid dienone is 1. The third-order valence-electron chi connectivity index (χ3n) is 12.4. The van der Waals surface area contributed by atoms with Gasteiger partial charge in [0.25, 0.3) is 0 Å². The molecule has 10 atom stereocenters. The van der Waals surface area contributed by atoms with Gasteiger partial charge in [-0.2, -0.15) is 0 Å². The fourth-order valence-electron chi connectivity index (χ4n) is 9.18. The third-order valence-corrected chi connectivity index (χ3v) is 12.4. The Bertz CT molecular complexity index is 678. The smallest absolute Gasteiger partial charge is 0.0593 e. The quantitative estimate of drug-likeness (QED) is 0.341. The molecular weight excluding hydrogens is 400 g/mol. The van der Waals surface area contributed by atoms with Crippen LogP contribution >= 0.6 is 0 Å². The van der Waals surface area contributed by atoms with Gasteiger partial charge in [0.05, 0.1) is 6.10 Å². The van der Waals surface area contributed by atoms with Gasteiger partial charge in [-0.05, 0) is 116 Å². The van der Waals surface area contributed by atoms with E-state index in [-0.39, 0.29) is 11.5 Å². The summed E-state index contributed by atoms with van der Waals surface area (Å²) in [4.78, 5) is 0. The van der Waals surface area contributed by atoms with Gasteiger partial charge in [-0.15, -0.1) is 0 Å². The molecule has 0 amide bonds. The number of hydrogen-bond donors (Lipinski definition) is 1. The Morgan fingerprint density at radius 2 is 1.70 bits per heavy atom. The molecule has 3 aliphatic rings. The number of hydrogen-bond acceptors (Lipinski definition) is 1. The summed E-state index contributed by atoms with van der Waals surface area (Å²) in [6.07, 6.45) is 12.8. The molecule has 0 radical (unpaired) electrons. The first-order chi connectivity index (χ1) is 15.3. The van der Waals surface area contributed by atoms with Gasteiger partial charge in [0.15, 0.2) is 0 Å². The van der Waals surface area contributed by atoms with E-state index < -0.39 is 0 Å². The Morgan fingerprint density at radius 3 is 2.30 bits per heavy atom. The Hall–Kier alpha value is -0.300. The molecule has 1 N–H and O–H groups in total. The van der Waals surface area contributed by atoms with Crippen LogP contribution in [-0.4, -0.2) is 11.2 Å². The minimum absolute atomic E-state index is 0.0127. The minimum Gasteiger partial charge on any atom is -0.393 e. The van der Waals surface area contributed by atoms with Crippen molar-refractivity contribution in [3.05, 3.63) is 12.2 Å². The molecule has 0 aromatic heterocycles. The average molecular weight is 459 g/mol. The summed E-state index contributed by atoms with van der Waals surface area (Å²) in [5.74, 6) is 5.36. The second kappa shape index (κ2) is 9.99. The van der Waals surface area contributed by atoms with Crippen molar-refractivity contribution >= 4 is 0 Å². The van der Waals surface area contributed by atoms with Crippen LogP contribution in [0, 0.1) is 57.7 Å². The van der Waals surface area contributed by atoms with E-state index in [1.54, 1.807) is 0 Å². The molecular formula is C32H58O. The standard InChI is InChI=1S/C32H58O/c1-11-12-23(5)30(7,8)28(33)16-13-22(4)26-14-15-27-29-25(21(2)3)17-18-31(29,9)19-20-32(27,10)24(26)6/h22-29,33H,2,11-20H2,1,3-10H3/t22?,23?,24?,25?,26?,27?,28?,29?,31?,32-/m0/s1. The average Bonchev–Trinajstić information content (AvgIpc) is 3.11. The second-order valence-electron chi connectivity index (χ2n) is 14.4. The third kappa shape index (κ3) is 4.88. The van der Waals surface area contributed by atoms with Crippen LogP contribution in [0.3, 0.4) is 0 Å². The number of fused-ring (bicyclic) bond motifs is 3. The van der Waals surface area contributed by atoms with Crippen molar-refractivity contribution in [2.45, 2.75) is 133 Å². The van der Waals surface area contributed by atoms with Crippen molar-refractivity contribution in [1.29, 1.82) is 0 Å². The molecule has 192 valence electrons. The number of aliphatic hydroxyl groups is 1. The lowest BCUT2D eigenvalue weighted by Gasteiger charge is -2.61. The van der Waals surface area contributed by atoms with Crippen LogP contribution in [0.4, 0.5) is 0 Å². The Morgan fingerprint density at radius 1 is 1.03 bits per heavy atom. The van der Waals surface area contributed by atoms with Crippen LogP contribution in [-0.2, 0) is 0 Å². The largest absolute Gasteiger partial charge is 0.393 e. The van der Waals surface area contributed by atoms with E-state index in [9.17, 15) is 5.11 Å². The molecule has 0 heterocycles. The monoisotopic (exact) mass is 458 g/mol. The Labute approximate surface area is 207 Å². The van der Waals surface area contributed by atoms with Crippen molar-refractivity contribution in [3.63, 3.8) is 0 Å². The number of rotatable bonds is 9. The van der Waals surface area contributed by atoms with E-state index in [0.717, 1.165) is 36.0 Å². The highest BCUT2D eigenvalue weighted by Crippen LogP contribution is 2.68. The summed E-state index contributed by atoms with van der Waals surface area (Å²) < 4.78 is 0. The minimum atomic E-state index is -0.186. The van der Waals surface area contributed by atoms with Crippen molar-refractivity contribution in [3.8, 4) is 0 Å². The lowest BCUT2D eigenvalue weighted by atomic mass is 9.44. The van der Waals surface area contributed by atoms with E-state index in [1.807, 2.05) is 0 Å². The summed E-state index contributed by atoms with van der Waals surface area (Å²) in [6.45, 7) is 26.3. The summed E-state index contributed by atoms with van der Waals surface area (Å²) in [5, 5.41) is 11.1. The molecule has 3 rings (SSSR count). The van der Waals surface area contributed by atoms with Gasteiger partial charge < -0.3 is 5.11 Å². The van der Waals surface area contributed by atoms with E-state index in [2.05, 4.69) is 68.9 Å². The first kappa shape index (κ1) is 27.3. The van der Waals surface area contributed by atoms with Crippen molar-refractivity contribution in [2.24, 2.45) is 57.7 Å². The highest BCUT2D eigenvalue weighted by Gasteiger charge is 2.60. The molecule has 0 aliphatic heterocycles. The molecule has 9 unspecified atom stereocenters. The van der Waals surface area contributed by atoms with Gasteiger partial charge in [0.1, 0.15) is 0 Å². The highest BCUT2D eigenvalue weighted by atomic mass is 16.3. The normalized spacial score (nSPS) is 41.7. The van der Waals surface area contributed by atoms with Gasteiger partial charge in [0, 0.05) is 0 Å². The molecule has 0 aromatic carbocycles. The fraction of sp³-hybridized carbons (Fsp3) is 0.938. The van der Waals surface area contributed by atoms with Crippen LogP contribution in [0.2, 0.25) is 0 Å². The molecule has 0 aromatic rings. The number of aliphatic hydroxyl groups excluding tert-OH is 1. The molecule has 0 saturated heterocycles. The second-order valence-corrected chi connectivity index (χ2v) is 14.4. The summed E-state index contributed by atoms with van der Waals surface area (Å²) in [5.41, 5.74) is 2.49. The molecule has 3 saturated carbocycles. The van der Waals surface area contributed by atoms with Crippen LogP contribution in [0.1, 0.15) is 127 Å². The molecule has 0 spiro atoms. The first-order valence-electron chi connectivity index (χ1n) is 14.6. The van der Waals surface area contributed by atoms with E-state index in [1.165, 1.54) is 63.4 Å². The molecule has 3 aliphatic carbocycles. The van der Waals surface area contributed by atoms with E-state index >= 15 is 0 Å². The molecule has 0 bridgehead atoms. The van der Waals surface area contributed by atoms with Crippen LogP contribution in [0.15, 0.2) is 12.2 Å². The Kier molecular flexibility index (Phi) is 8.26. The van der Waals surface area contributed by atoms with Crippen LogP contribution in [0.25, 0.3) is 0 Å². The van der Waals surface area contributed by atoms with E-state index in [4.69, 9.17) is 0 Å². The fourth-order valence-corrected chi connectivity index (χ4v) is 9.18. The maximum Gasteiger partial charge on any atom is 0.0593 e. The molecule has 3 fully saturated rings. The lowest BCUT2D eigenvalue weighted by Crippen LogP contribution is -2.53. The van der Waals surface area contributed by atoms with Crippen molar-refractivity contribution in [1.82, 2.24) is 0 Å². The first-order valence-corrected chi connectivity index (χ1v) is 14.6. The van der Waals surface area contributed by atoms with Gasteiger partial charge >= 0.3 is 0 Å². The maximum atomic E-state index is 11.1. The topological polar surface area (TPSA) is 20.2 Å². The summed E-state index contributed by atoms with van der Waals surface area (Å²) >= 11 is 0. The van der Waals surface area contributed by atoms with E-state index in [0.29, 0.717) is 22.7 Å². The lowest BCUT2D eigenvalue weighted by molar-refractivity contribution is -0.116. The van der Waals surface area contributed by atoms with Gasteiger partial charge in [-0.3, -0.25) is 0 Å². The molecule has 1 nitrogen and oxygen atoms in total. The van der Waals surface area contributed by atoms with Gasteiger partial charge in [0.2, 0.25) is 0 Å². The Balaban J connectivity index is 1.68.